The summed E-state index contributed by atoms with van der Waals surface area (Å²) in [5.74, 6) is -0.613. The van der Waals surface area contributed by atoms with Crippen molar-refractivity contribution in [3.63, 3.8) is 0 Å². The molecule has 6 heteroatoms. The fraction of sp³-hybridized carbons (Fsp3) is 0.222. The number of hydrogen-bond acceptors (Lipinski definition) is 3. The molecule has 0 spiro atoms. The van der Waals surface area contributed by atoms with Gasteiger partial charge in [-0.1, -0.05) is 41.9 Å². The van der Waals surface area contributed by atoms with Gasteiger partial charge in [-0.3, -0.25) is 9.59 Å². The highest BCUT2D eigenvalue weighted by Crippen LogP contribution is 2.23. The number of hydrogen-bond donors (Lipinski definition) is 2. The van der Waals surface area contributed by atoms with E-state index in [1.54, 1.807) is 18.2 Å². The van der Waals surface area contributed by atoms with E-state index >= 15 is 0 Å². The molecule has 0 saturated carbocycles. The van der Waals surface area contributed by atoms with Gasteiger partial charge in [0.25, 0.3) is 11.8 Å². The van der Waals surface area contributed by atoms with Crippen molar-refractivity contribution >= 4 is 29.1 Å². The Hall–Kier alpha value is -2.37. The van der Waals surface area contributed by atoms with Crippen molar-refractivity contribution in [2.45, 2.75) is 13.0 Å². The lowest BCUT2D eigenvalue weighted by molar-refractivity contribution is -0.126. The summed E-state index contributed by atoms with van der Waals surface area (Å²) in [6.45, 7) is 2.31. The lowest BCUT2D eigenvalue weighted by atomic mass is 10.1. The fourth-order valence-corrected chi connectivity index (χ4v) is 2.47. The summed E-state index contributed by atoms with van der Waals surface area (Å²) in [7, 11) is 1.47. The Morgan fingerprint density at radius 2 is 1.88 bits per heavy atom. The molecule has 0 aliphatic rings. The maximum absolute atomic E-state index is 12.5. The van der Waals surface area contributed by atoms with Gasteiger partial charge in [-0.15, -0.1) is 0 Å². The monoisotopic (exact) mass is 346 g/mol. The molecule has 2 amide bonds. The van der Waals surface area contributed by atoms with Crippen molar-refractivity contribution < 1.29 is 14.3 Å². The topological polar surface area (TPSA) is 67.4 Å². The number of methoxy groups -OCH3 is 1. The summed E-state index contributed by atoms with van der Waals surface area (Å²) in [6.07, 6.45) is -0.741. The molecule has 0 saturated heterocycles. The molecule has 5 nitrogen and oxygen atoms in total. The number of benzene rings is 2. The zero-order valence-corrected chi connectivity index (χ0v) is 14.3. The van der Waals surface area contributed by atoms with Crippen molar-refractivity contribution in [2.24, 2.45) is 0 Å². The molecule has 126 valence electrons. The Labute approximate surface area is 146 Å². The molecule has 2 aromatic rings. The number of amides is 2. The van der Waals surface area contributed by atoms with Crippen LogP contribution in [-0.4, -0.2) is 25.5 Å². The molecular formula is C18H19ClN2O3. The minimum Gasteiger partial charge on any atom is -0.367 e. The van der Waals surface area contributed by atoms with Crippen LogP contribution in [0.4, 0.5) is 5.69 Å². The molecule has 2 aromatic carbocycles. The summed E-state index contributed by atoms with van der Waals surface area (Å²) < 4.78 is 5.29. The molecule has 0 heterocycles. The molecule has 0 unspecified atom stereocenters. The van der Waals surface area contributed by atoms with Crippen LogP contribution in [0.15, 0.2) is 48.5 Å². The van der Waals surface area contributed by atoms with E-state index in [2.05, 4.69) is 10.6 Å². The van der Waals surface area contributed by atoms with Gasteiger partial charge in [0, 0.05) is 19.3 Å². The molecule has 1 atom stereocenters. The van der Waals surface area contributed by atoms with Crippen molar-refractivity contribution in [3.05, 3.63) is 64.7 Å². The largest absolute Gasteiger partial charge is 0.367 e. The zero-order chi connectivity index (χ0) is 17.5. The Morgan fingerprint density at radius 3 is 2.50 bits per heavy atom. The van der Waals surface area contributed by atoms with Crippen LogP contribution >= 0.6 is 11.6 Å². The number of rotatable bonds is 6. The molecule has 0 aliphatic carbocycles. The first-order valence-corrected chi connectivity index (χ1v) is 7.91. The van der Waals surface area contributed by atoms with Crippen LogP contribution < -0.4 is 10.6 Å². The Morgan fingerprint density at radius 1 is 1.17 bits per heavy atom. The van der Waals surface area contributed by atoms with Crippen molar-refractivity contribution in [3.8, 4) is 0 Å². The predicted molar refractivity (Wildman–Crippen MR) is 94.3 cm³/mol. The first-order valence-electron chi connectivity index (χ1n) is 7.53. The fourth-order valence-electron chi connectivity index (χ4n) is 2.26. The second kappa shape index (κ2) is 8.47. The van der Waals surface area contributed by atoms with Gasteiger partial charge >= 0.3 is 0 Å². The van der Waals surface area contributed by atoms with Gasteiger partial charge in [0.2, 0.25) is 0 Å². The highest BCUT2D eigenvalue weighted by molar-refractivity contribution is 6.34. The van der Waals surface area contributed by atoms with Crippen molar-refractivity contribution in [1.29, 1.82) is 0 Å². The number of nitrogens with one attached hydrogen (secondary N) is 2. The lowest BCUT2D eigenvalue weighted by Gasteiger charge is -2.16. The summed E-state index contributed by atoms with van der Waals surface area (Å²) in [4.78, 5) is 24.4. The SMILES string of the molecule is CCNC(=O)c1cc(NC(=O)[C@@H](OC)c2ccccc2)ccc1Cl. The molecule has 0 aliphatic heterocycles. The van der Waals surface area contributed by atoms with Gasteiger partial charge in [-0.05, 0) is 30.7 Å². The smallest absolute Gasteiger partial charge is 0.258 e. The average Bonchev–Trinajstić information content (AvgIpc) is 2.58. The van der Waals surface area contributed by atoms with Gasteiger partial charge in [-0.2, -0.15) is 0 Å². The Balaban J connectivity index is 2.19. The van der Waals surface area contributed by atoms with Crippen LogP contribution in [-0.2, 0) is 9.53 Å². The summed E-state index contributed by atoms with van der Waals surface area (Å²) in [5, 5.41) is 5.76. The number of carbonyl (C=O) groups excluding carboxylic acids is 2. The first kappa shape index (κ1) is 18.0. The minimum absolute atomic E-state index is 0.287. The predicted octanol–water partition coefficient (Wildman–Crippen LogP) is 3.42. The zero-order valence-electron chi connectivity index (χ0n) is 13.5. The van der Waals surface area contributed by atoms with E-state index in [9.17, 15) is 9.59 Å². The molecule has 2 N–H and O–H groups in total. The third-order valence-electron chi connectivity index (χ3n) is 3.39. The highest BCUT2D eigenvalue weighted by Gasteiger charge is 2.20. The minimum atomic E-state index is -0.741. The van der Waals surface area contributed by atoms with E-state index in [0.29, 0.717) is 22.8 Å². The van der Waals surface area contributed by atoms with E-state index in [-0.39, 0.29) is 11.8 Å². The van der Waals surface area contributed by atoms with Crippen molar-refractivity contribution in [2.75, 3.05) is 19.0 Å². The molecule has 0 radical (unpaired) electrons. The van der Waals surface area contributed by atoms with E-state index in [4.69, 9.17) is 16.3 Å². The van der Waals surface area contributed by atoms with Crippen LogP contribution in [0, 0.1) is 0 Å². The Kier molecular flexibility index (Phi) is 6.35. The van der Waals surface area contributed by atoms with Crippen LogP contribution in [0.5, 0.6) is 0 Å². The second-order valence-electron chi connectivity index (χ2n) is 5.07. The standard InChI is InChI=1S/C18H19ClN2O3/c1-3-20-17(22)14-11-13(9-10-15(14)19)21-18(23)16(24-2)12-7-5-4-6-8-12/h4-11,16H,3H2,1-2H3,(H,20,22)(H,21,23)/t16-/m0/s1. The van der Waals surface area contributed by atoms with E-state index in [1.807, 2.05) is 37.3 Å². The third-order valence-corrected chi connectivity index (χ3v) is 3.72. The van der Waals surface area contributed by atoms with Gasteiger partial charge in [0.15, 0.2) is 6.10 Å². The van der Waals surface area contributed by atoms with E-state index < -0.39 is 6.10 Å². The van der Waals surface area contributed by atoms with Crippen LogP contribution in [0.1, 0.15) is 28.9 Å². The molecule has 24 heavy (non-hydrogen) atoms. The van der Waals surface area contributed by atoms with E-state index in [1.165, 1.54) is 7.11 Å². The first-order chi connectivity index (χ1) is 11.6. The molecular weight excluding hydrogens is 328 g/mol. The van der Waals surface area contributed by atoms with Crippen LogP contribution in [0.2, 0.25) is 5.02 Å². The van der Waals surface area contributed by atoms with Crippen molar-refractivity contribution in [1.82, 2.24) is 5.32 Å². The summed E-state index contributed by atoms with van der Waals surface area (Å²) >= 11 is 6.05. The maximum atomic E-state index is 12.5. The number of halogens is 1. The maximum Gasteiger partial charge on any atom is 0.258 e. The number of anilines is 1. The molecule has 2 rings (SSSR count). The van der Waals surface area contributed by atoms with Gasteiger partial charge in [0.05, 0.1) is 10.6 Å². The highest BCUT2D eigenvalue weighted by atomic mass is 35.5. The molecule has 0 fully saturated rings. The lowest BCUT2D eigenvalue weighted by Crippen LogP contribution is -2.24. The van der Waals surface area contributed by atoms with Crippen LogP contribution in [0.3, 0.4) is 0 Å². The van der Waals surface area contributed by atoms with E-state index in [0.717, 1.165) is 5.56 Å². The van der Waals surface area contributed by atoms with Crippen LogP contribution in [0.25, 0.3) is 0 Å². The number of ether oxygens (including phenoxy) is 1. The van der Waals surface area contributed by atoms with Gasteiger partial charge in [-0.25, -0.2) is 0 Å². The quantitative estimate of drug-likeness (QED) is 0.842. The average molecular weight is 347 g/mol. The van der Waals surface area contributed by atoms with Gasteiger partial charge < -0.3 is 15.4 Å². The normalized spacial score (nSPS) is 11.6. The Bertz CT molecular complexity index is 719. The summed E-state index contributed by atoms with van der Waals surface area (Å²) in [5.41, 5.74) is 1.53. The van der Waals surface area contributed by atoms with Gasteiger partial charge in [0.1, 0.15) is 0 Å². The molecule has 0 bridgehead atoms. The third kappa shape index (κ3) is 4.34. The second-order valence-corrected chi connectivity index (χ2v) is 5.48. The number of carbonyl (C=O) groups is 2. The summed E-state index contributed by atoms with van der Waals surface area (Å²) in [6, 6.07) is 13.9. The molecule has 0 aromatic heterocycles.